The van der Waals surface area contributed by atoms with Crippen molar-refractivity contribution >= 4 is 21.9 Å². The zero-order valence-electron chi connectivity index (χ0n) is 14.6. The third-order valence-electron chi connectivity index (χ3n) is 4.72. The second-order valence-electron chi connectivity index (χ2n) is 6.50. The molecule has 5 nitrogen and oxygen atoms in total. The smallest absolute Gasteiger partial charge is 0.136 e. The lowest BCUT2D eigenvalue weighted by Crippen LogP contribution is -1.84. The van der Waals surface area contributed by atoms with E-state index in [-0.39, 0.29) is 0 Å². The summed E-state index contributed by atoms with van der Waals surface area (Å²) in [6.07, 6.45) is 1.77. The highest BCUT2D eigenvalue weighted by molar-refractivity contribution is 5.87. The molecule has 0 saturated heterocycles. The van der Waals surface area contributed by atoms with E-state index in [0.717, 1.165) is 33.2 Å². The third kappa shape index (κ3) is 2.59. The van der Waals surface area contributed by atoms with Gasteiger partial charge in [-0.1, -0.05) is 6.07 Å². The van der Waals surface area contributed by atoms with Gasteiger partial charge < -0.3 is 9.40 Å². The van der Waals surface area contributed by atoms with Crippen LogP contribution in [0.25, 0.3) is 44.6 Å². The summed E-state index contributed by atoms with van der Waals surface area (Å²) < 4.78 is 5.89. The van der Waals surface area contributed by atoms with Crippen molar-refractivity contribution < 1.29 is 4.42 Å². The molecule has 0 aliphatic rings. The van der Waals surface area contributed by atoms with Crippen LogP contribution in [0.1, 0.15) is 11.1 Å². The topological polar surface area (TPSA) is 89.4 Å². The Balaban J connectivity index is 1.50. The molecule has 5 rings (SSSR count). The molecule has 0 spiro atoms. The van der Waals surface area contributed by atoms with Gasteiger partial charge in [0.2, 0.25) is 0 Å². The van der Waals surface area contributed by atoms with Crippen LogP contribution in [-0.2, 0) is 0 Å². The molecule has 0 aliphatic carbocycles. The monoisotopic (exact) mass is 360 g/mol. The van der Waals surface area contributed by atoms with E-state index in [1.807, 2.05) is 42.5 Å². The highest BCUT2D eigenvalue weighted by atomic mass is 16.3. The Bertz CT molecular complexity index is 1320. The van der Waals surface area contributed by atoms with E-state index in [0.29, 0.717) is 22.5 Å². The molecular weight excluding hydrogens is 348 g/mol. The van der Waals surface area contributed by atoms with Crippen LogP contribution in [0.15, 0.2) is 71.3 Å². The Labute approximate surface area is 160 Å². The Kier molecular flexibility index (Phi) is 3.47. The van der Waals surface area contributed by atoms with E-state index >= 15 is 0 Å². The van der Waals surface area contributed by atoms with E-state index in [4.69, 9.17) is 14.9 Å². The van der Waals surface area contributed by atoms with Gasteiger partial charge in [-0.25, -0.2) is 0 Å². The van der Waals surface area contributed by atoms with Crippen LogP contribution in [0.3, 0.4) is 0 Å². The van der Waals surface area contributed by atoms with Gasteiger partial charge in [0.25, 0.3) is 0 Å². The van der Waals surface area contributed by atoms with Crippen molar-refractivity contribution in [1.82, 2.24) is 9.97 Å². The van der Waals surface area contributed by atoms with E-state index in [1.165, 1.54) is 0 Å². The van der Waals surface area contributed by atoms with Crippen LogP contribution in [0.4, 0.5) is 0 Å². The van der Waals surface area contributed by atoms with Gasteiger partial charge in [-0.15, -0.1) is 0 Å². The number of benzene rings is 2. The van der Waals surface area contributed by atoms with Crippen molar-refractivity contribution in [2.24, 2.45) is 0 Å². The molecule has 0 unspecified atom stereocenters. The maximum absolute atomic E-state index is 9.04. The highest BCUT2D eigenvalue weighted by Gasteiger charge is 2.10. The van der Waals surface area contributed by atoms with Crippen LogP contribution in [0.2, 0.25) is 0 Å². The van der Waals surface area contributed by atoms with Crippen LogP contribution in [0.5, 0.6) is 0 Å². The SMILES string of the molecule is N#Cc1ccc2cc(-c3ccc(-c4cc5ccc(C#N)cc5o4)cn3)[nH]c2c1. The molecule has 0 bridgehead atoms. The molecule has 0 aliphatic heterocycles. The predicted octanol–water partition coefficient (Wildman–Crippen LogP) is 5.39. The maximum atomic E-state index is 9.04. The number of fused-ring (bicyclic) bond motifs is 2. The number of furan rings is 1. The number of aromatic nitrogens is 2. The number of nitrogens with zero attached hydrogens (tertiary/aromatic N) is 3. The number of nitrogens with one attached hydrogen (secondary N) is 1. The number of aromatic amines is 1. The largest absolute Gasteiger partial charge is 0.456 e. The summed E-state index contributed by atoms with van der Waals surface area (Å²) in [6.45, 7) is 0. The number of H-pyrrole nitrogens is 1. The second kappa shape index (κ2) is 6.12. The molecule has 2 aromatic carbocycles. The van der Waals surface area contributed by atoms with Crippen molar-refractivity contribution in [3.63, 3.8) is 0 Å². The summed E-state index contributed by atoms with van der Waals surface area (Å²) in [5.74, 6) is 0.708. The fraction of sp³-hybridized carbons (Fsp3) is 0. The van der Waals surface area contributed by atoms with Gasteiger partial charge in [-0.2, -0.15) is 10.5 Å². The third-order valence-corrected chi connectivity index (χ3v) is 4.72. The number of hydrogen-bond donors (Lipinski definition) is 1. The molecule has 5 aromatic rings. The number of hydrogen-bond acceptors (Lipinski definition) is 4. The lowest BCUT2D eigenvalue weighted by Gasteiger charge is -1.99. The number of pyridine rings is 1. The Hall–Kier alpha value is -4.35. The van der Waals surface area contributed by atoms with Crippen LogP contribution in [-0.4, -0.2) is 9.97 Å². The summed E-state index contributed by atoms with van der Waals surface area (Å²) in [6, 6.07) is 23.1. The minimum Gasteiger partial charge on any atom is -0.456 e. The van der Waals surface area contributed by atoms with Crippen molar-refractivity contribution in [3.8, 4) is 34.8 Å². The minimum absolute atomic E-state index is 0.570. The van der Waals surface area contributed by atoms with Crippen molar-refractivity contribution in [1.29, 1.82) is 10.5 Å². The van der Waals surface area contributed by atoms with Gasteiger partial charge in [0.1, 0.15) is 11.3 Å². The number of nitriles is 2. The van der Waals surface area contributed by atoms with Crippen LogP contribution < -0.4 is 0 Å². The average molecular weight is 360 g/mol. The number of rotatable bonds is 2. The first-order chi connectivity index (χ1) is 13.7. The first-order valence-electron chi connectivity index (χ1n) is 8.67. The molecule has 0 atom stereocenters. The van der Waals surface area contributed by atoms with Crippen molar-refractivity contribution in [2.75, 3.05) is 0 Å². The Morgan fingerprint density at radius 2 is 1.61 bits per heavy atom. The maximum Gasteiger partial charge on any atom is 0.136 e. The molecule has 0 amide bonds. The van der Waals surface area contributed by atoms with Gasteiger partial charge in [-0.3, -0.25) is 4.98 Å². The normalized spacial score (nSPS) is 10.8. The average Bonchev–Trinajstić information content (AvgIpc) is 3.36. The molecule has 1 N–H and O–H groups in total. The molecule has 28 heavy (non-hydrogen) atoms. The fourth-order valence-electron chi connectivity index (χ4n) is 3.28. The molecule has 0 radical (unpaired) electrons. The van der Waals surface area contributed by atoms with Crippen LogP contribution in [0, 0.1) is 22.7 Å². The summed E-state index contributed by atoms with van der Waals surface area (Å²) >= 11 is 0. The van der Waals surface area contributed by atoms with E-state index < -0.39 is 0 Å². The summed E-state index contributed by atoms with van der Waals surface area (Å²) in [7, 11) is 0. The molecule has 0 saturated carbocycles. The highest BCUT2D eigenvalue weighted by Crippen LogP contribution is 2.30. The van der Waals surface area contributed by atoms with Gasteiger partial charge >= 0.3 is 0 Å². The van der Waals surface area contributed by atoms with E-state index in [9.17, 15) is 0 Å². The van der Waals surface area contributed by atoms with Gasteiger partial charge in [0.15, 0.2) is 0 Å². The van der Waals surface area contributed by atoms with Gasteiger partial charge in [-0.05, 0) is 54.6 Å². The summed E-state index contributed by atoms with van der Waals surface area (Å²) in [5.41, 5.74) is 5.34. The Morgan fingerprint density at radius 3 is 2.36 bits per heavy atom. The minimum atomic E-state index is 0.570. The van der Waals surface area contributed by atoms with Gasteiger partial charge in [0.05, 0.1) is 34.7 Å². The van der Waals surface area contributed by atoms with E-state index in [2.05, 4.69) is 22.1 Å². The van der Waals surface area contributed by atoms with E-state index in [1.54, 1.807) is 24.4 Å². The lowest BCUT2D eigenvalue weighted by molar-refractivity contribution is 0.631. The van der Waals surface area contributed by atoms with Crippen molar-refractivity contribution in [2.45, 2.75) is 0 Å². The summed E-state index contributed by atoms with van der Waals surface area (Å²) in [5, 5.41) is 20.0. The summed E-state index contributed by atoms with van der Waals surface area (Å²) in [4.78, 5) is 7.87. The molecule has 5 heteroatoms. The standard InChI is InChI=1S/C23H12N4O/c24-11-14-1-3-16-9-21(27-20(16)7-14)19-6-5-18(13-26-19)23-10-17-4-2-15(12-25)8-22(17)28-23/h1-10,13,27H. The molecule has 0 fully saturated rings. The molecule has 130 valence electrons. The zero-order chi connectivity index (χ0) is 19.1. The first-order valence-corrected chi connectivity index (χ1v) is 8.67. The molecular formula is C23H12N4O. The van der Waals surface area contributed by atoms with Crippen LogP contribution >= 0.6 is 0 Å². The predicted molar refractivity (Wildman–Crippen MR) is 106 cm³/mol. The second-order valence-corrected chi connectivity index (χ2v) is 6.50. The Morgan fingerprint density at radius 1 is 0.821 bits per heavy atom. The fourth-order valence-corrected chi connectivity index (χ4v) is 3.28. The van der Waals surface area contributed by atoms with Crippen molar-refractivity contribution in [3.05, 3.63) is 78.0 Å². The molecule has 3 heterocycles. The lowest BCUT2D eigenvalue weighted by atomic mass is 10.1. The quantitative estimate of drug-likeness (QED) is 0.457. The zero-order valence-corrected chi connectivity index (χ0v) is 14.6. The van der Waals surface area contributed by atoms with Gasteiger partial charge in [0, 0.05) is 28.0 Å². The first kappa shape index (κ1) is 15.9. The molecule has 3 aromatic heterocycles.